The Balaban J connectivity index is 2.79. The molecule has 1 saturated heterocycles. The van der Waals surface area contributed by atoms with Crippen molar-refractivity contribution in [3.05, 3.63) is 0 Å². The number of nitrogens with zero attached hydrogens (tertiary/aromatic N) is 1. The minimum absolute atomic E-state index is 0.157. The van der Waals surface area contributed by atoms with Gasteiger partial charge in [0.15, 0.2) is 0 Å². The normalized spacial score (nSPS) is 18.4. The Hall–Kier alpha value is -0.130. The molecule has 0 unspecified atom stereocenters. The third-order valence-electron chi connectivity index (χ3n) is 4.16. The van der Waals surface area contributed by atoms with Gasteiger partial charge in [-0.25, -0.2) is 8.42 Å². The summed E-state index contributed by atoms with van der Waals surface area (Å²) < 4.78 is 27.4. The van der Waals surface area contributed by atoms with Gasteiger partial charge in [0, 0.05) is 12.6 Å². The molecule has 0 saturated carbocycles. The summed E-state index contributed by atoms with van der Waals surface area (Å²) in [4.78, 5) is 0. The maximum atomic E-state index is 12.8. The maximum Gasteiger partial charge on any atom is 0.214 e. The third kappa shape index (κ3) is 5.34. The quantitative estimate of drug-likeness (QED) is 0.749. The fraction of sp³-hybridized carbons (Fsp3) is 1.00. The number of hydrogen-bond donors (Lipinski definition) is 1. The number of piperidine rings is 1. The van der Waals surface area contributed by atoms with Crippen LogP contribution in [0.4, 0.5) is 0 Å². The zero-order valence-corrected chi connectivity index (χ0v) is 14.4. The molecule has 1 heterocycles. The SMILES string of the molecule is CCC(CC)N(CC(C)C)S(=O)(=O)CC1CCNCC1. The van der Waals surface area contributed by atoms with Gasteiger partial charge in [-0.2, -0.15) is 4.31 Å². The van der Waals surface area contributed by atoms with Gasteiger partial charge in [0.25, 0.3) is 0 Å². The zero-order chi connectivity index (χ0) is 15.2. The molecule has 0 amide bonds. The summed E-state index contributed by atoms with van der Waals surface area (Å²) in [6.07, 6.45) is 3.76. The van der Waals surface area contributed by atoms with Crippen LogP contribution in [-0.2, 0) is 10.0 Å². The van der Waals surface area contributed by atoms with Crippen LogP contribution in [0.1, 0.15) is 53.4 Å². The van der Waals surface area contributed by atoms with E-state index in [-0.39, 0.29) is 6.04 Å². The Morgan fingerprint density at radius 2 is 1.70 bits per heavy atom. The minimum atomic E-state index is -3.13. The maximum absolute atomic E-state index is 12.8. The zero-order valence-electron chi connectivity index (χ0n) is 13.6. The van der Waals surface area contributed by atoms with Gasteiger partial charge in [-0.1, -0.05) is 27.7 Å². The summed E-state index contributed by atoms with van der Waals surface area (Å²) in [5.41, 5.74) is 0. The van der Waals surface area contributed by atoms with Gasteiger partial charge in [-0.05, 0) is 50.6 Å². The van der Waals surface area contributed by atoms with E-state index < -0.39 is 10.0 Å². The molecule has 4 nitrogen and oxygen atoms in total. The van der Waals surface area contributed by atoms with E-state index in [1.807, 2.05) is 0 Å². The first-order chi connectivity index (χ1) is 9.40. The molecule has 1 N–H and O–H groups in total. The molecule has 0 aromatic carbocycles. The van der Waals surface area contributed by atoms with Gasteiger partial charge in [0.1, 0.15) is 0 Å². The van der Waals surface area contributed by atoms with Crippen molar-refractivity contribution in [3.8, 4) is 0 Å². The molecule has 0 aromatic heterocycles. The van der Waals surface area contributed by atoms with Crippen molar-refractivity contribution in [2.75, 3.05) is 25.4 Å². The monoisotopic (exact) mass is 304 g/mol. The first kappa shape index (κ1) is 17.9. The van der Waals surface area contributed by atoms with Gasteiger partial charge in [0.2, 0.25) is 10.0 Å². The Morgan fingerprint density at radius 3 is 2.15 bits per heavy atom. The molecular weight excluding hydrogens is 272 g/mol. The molecule has 0 bridgehead atoms. The van der Waals surface area contributed by atoms with Crippen molar-refractivity contribution >= 4 is 10.0 Å². The van der Waals surface area contributed by atoms with Crippen LogP contribution in [0.3, 0.4) is 0 Å². The highest BCUT2D eigenvalue weighted by molar-refractivity contribution is 7.89. The predicted molar refractivity (Wildman–Crippen MR) is 85.3 cm³/mol. The molecule has 120 valence electrons. The van der Waals surface area contributed by atoms with Crippen LogP contribution in [0.5, 0.6) is 0 Å². The summed E-state index contributed by atoms with van der Waals surface area (Å²) >= 11 is 0. The average molecular weight is 305 g/mol. The fourth-order valence-corrected chi connectivity index (χ4v) is 5.39. The second kappa shape index (κ2) is 8.35. The van der Waals surface area contributed by atoms with E-state index in [4.69, 9.17) is 0 Å². The van der Waals surface area contributed by atoms with Crippen LogP contribution in [0.25, 0.3) is 0 Å². The van der Waals surface area contributed by atoms with Crippen LogP contribution in [-0.4, -0.2) is 44.2 Å². The number of sulfonamides is 1. The summed E-state index contributed by atoms with van der Waals surface area (Å²) in [5, 5.41) is 3.30. The standard InChI is InChI=1S/C15H32N2O2S/c1-5-15(6-2)17(11-13(3)4)20(18,19)12-14-7-9-16-10-8-14/h13-16H,5-12H2,1-4H3. The van der Waals surface area contributed by atoms with Gasteiger partial charge in [0.05, 0.1) is 5.75 Å². The fourth-order valence-electron chi connectivity index (χ4n) is 2.99. The second-order valence-corrected chi connectivity index (χ2v) is 8.37. The lowest BCUT2D eigenvalue weighted by Crippen LogP contribution is -2.45. The lowest BCUT2D eigenvalue weighted by Gasteiger charge is -2.33. The number of hydrogen-bond acceptors (Lipinski definition) is 3. The van der Waals surface area contributed by atoms with E-state index >= 15 is 0 Å². The minimum Gasteiger partial charge on any atom is -0.317 e. The van der Waals surface area contributed by atoms with E-state index in [0.29, 0.717) is 24.1 Å². The first-order valence-corrected chi connectivity index (χ1v) is 9.71. The molecule has 0 radical (unpaired) electrons. The van der Waals surface area contributed by atoms with Crippen molar-refractivity contribution in [2.45, 2.75) is 59.4 Å². The highest BCUT2D eigenvalue weighted by atomic mass is 32.2. The summed E-state index contributed by atoms with van der Waals surface area (Å²) in [6.45, 7) is 10.9. The second-order valence-electron chi connectivity index (χ2n) is 6.41. The largest absolute Gasteiger partial charge is 0.317 e. The Bertz CT molecular complexity index is 358. The Kier molecular flexibility index (Phi) is 7.48. The topological polar surface area (TPSA) is 49.4 Å². The van der Waals surface area contributed by atoms with Crippen LogP contribution in [0, 0.1) is 11.8 Å². The van der Waals surface area contributed by atoms with Crippen molar-refractivity contribution in [2.24, 2.45) is 11.8 Å². The summed E-state index contributed by atoms with van der Waals surface area (Å²) in [7, 11) is -3.13. The van der Waals surface area contributed by atoms with Crippen LogP contribution in [0.2, 0.25) is 0 Å². The molecule has 0 atom stereocenters. The lowest BCUT2D eigenvalue weighted by molar-refractivity contribution is 0.272. The van der Waals surface area contributed by atoms with Crippen molar-refractivity contribution in [1.82, 2.24) is 9.62 Å². The van der Waals surface area contributed by atoms with E-state index in [1.54, 1.807) is 4.31 Å². The first-order valence-electron chi connectivity index (χ1n) is 8.10. The smallest absolute Gasteiger partial charge is 0.214 e. The van der Waals surface area contributed by atoms with E-state index in [9.17, 15) is 8.42 Å². The highest BCUT2D eigenvalue weighted by Crippen LogP contribution is 2.21. The van der Waals surface area contributed by atoms with E-state index in [2.05, 4.69) is 33.0 Å². The van der Waals surface area contributed by atoms with Crippen molar-refractivity contribution in [1.29, 1.82) is 0 Å². The Morgan fingerprint density at radius 1 is 1.15 bits per heavy atom. The predicted octanol–water partition coefficient (Wildman–Crippen LogP) is 2.46. The van der Waals surface area contributed by atoms with Crippen LogP contribution in [0.15, 0.2) is 0 Å². The molecule has 0 spiro atoms. The molecule has 1 aliphatic rings. The molecule has 20 heavy (non-hydrogen) atoms. The van der Waals surface area contributed by atoms with E-state index in [1.165, 1.54) is 0 Å². The van der Waals surface area contributed by atoms with Crippen molar-refractivity contribution in [3.63, 3.8) is 0 Å². The van der Waals surface area contributed by atoms with Crippen LogP contribution >= 0.6 is 0 Å². The highest BCUT2D eigenvalue weighted by Gasteiger charge is 2.31. The van der Waals surface area contributed by atoms with Crippen LogP contribution < -0.4 is 5.32 Å². The van der Waals surface area contributed by atoms with Gasteiger partial charge in [-0.3, -0.25) is 0 Å². The van der Waals surface area contributed by atoms with Gasteiger partial charge >= 0.3 is 0 Å². The number of nitrogens with one attached hydrogen (secondary N) is 1. The molecule has 0 aliphatic carbocycles. The molecular formula is C15H32N2O2S. The Labute approximate surface area is 125 Å². The van der Waals surface area contributed by atoms with Crippen molar-refractivity contribution < 1.29 is 8.42 Å². The summed E-state index contributed by atoms with van der Waals surface area (Å²) in [5.74, 6) is 1.03. The van der Waals surface area contributed by atoms with Gasteiger partial charge in [-0.15, -0.1) is 0 Å². The molecule has 1 fully saturated rings. The average Bonchev–Trinajstić information content (AvgIpc) is 2.39. The summed E-state index contributed by atoms with van der Waals surface area (Å²) in [6, 6.07) is 0.157. The molecule has 1 aliphatic heterocycles. The molecule has 1 rings (SSSR count). The van der Waals surface area contributed by atoms with Gasteiger partial charge < -0.3 is 5.32 Å². The third-order valence-corrected chi connectivity index (χ3v) is 6.21. The van der Waals surface area contributed by atoms with E-state index in [0.717, 1.165) is 38.8 Å². The molecule has 5 heteroatoms. The molecule has 0 aromatic rings. The lowest BCUT2D eigenvalue weighted by atomic mass is 10.0. The number of rotatable bonds is 8.